The molecule has 174 valence electrons. The van der Waals surface area contributed by atoms with Gasteiger partial charge in [-0.05, 0) is 50.8 Å². The lowest BCUT2D eigenvalue weighted by atomic mass is 9.81. The molecule has 3 aromatic rings. The van der Waals surface area contributed by atoms with Gasteiger partial charge in [-0.3, -0.25) is 14.5 Å². The van der Waals surface area contributed by atoms with E-state index < -0.39 is 0 Å². The molecule has 0 unspecified atom stereocenters. The fraction of sp³-hybridized carbons (Fsp3) is 0.542. The molecule has 1 saturated heterocycles. The van der Waals surface area contributed by atoms with Crippen molar-refractivity contribution in [3.63, 3.8) is 0 Å². The highest BCUT2D eigenvalue weighted by atomic mass is 16.1. The second-order valence-corrected chi connectivity index (χ2v) is 9.57. The van der Waals surface area contributed by atoms with Gasteiger partial charge in [-0.25, -0.2) is 4.98 Å². The zero-order valence-electron chi connectivity index (χ0n) is 19.4. The van der Waals surface area contributed by atoms with Gasteiger partial charge in [-0.1, -0.05) is 5.21 Å². The average Bonchev–Trinajstić information content (AvgIpc) is 3.27. The van der Waals surface area contributed by atoms with Crippen molar-refractivity contribution in [1.82, 2.24) is 34.8 Å². The van der Waals surface area contributed by atoms with Crippen molar-refractivity contribution in [2.45, 2.75) is 25.7 Å². The third kappa shape index (κ3) is 5.20. The number of nitrogens with zero attached hydrogens (tertiary/aromatic N) is 7. The number of fused-ring (bicyclic) bond motifs is 1. The van der Waals surface area contributed by atoms with Gasteiger partial charge in [0.05, 0.1) is 17.9 Å². The molecular formula is C24H32N8O. The molecule has 1 aliphatic heterocycles. The van der Waals surface area contributed by atoms with Gasteiger partial charge in [0.15, 0.2) is 0 Å². The minimum absolute atomic E-state index is 0.0651. The lowest BCUT2D eigenvalue weighted by Crippen LogP contribution is -2.46. The zero-order chi connectivity index (χ0) is 22.8. The molecule has 5 rings (SSSR count). The Hall–Kier alpha value is -2.91. The van der Waals surface area contributed by atoms with E-state index in [0.29, 0.717) is 11.7 Å². The van der Waals surface area contributed by atoms with Gasteiger partial charge in [0.1, 0.15) is 11.5 Å². The van der Waals surface area contributed by atoms with Gasteiger partial charge >= 0.3 is 0 Å². The molecule has 1 amide bonds. The first kappa shape index (κ1) is 21.9. The second kappa shape index (κ2) is 9.52. The van der Waals surface area contributed by atoms with Crippen molar-refractivity contribution < 1.29 is 4.79 Å². The number of likely N-dealkylation sites (N-methyl/N-ethyl adjacent to an activating group) is 1. The smallest absolute Gasteiger partial charge is 0.228 e. The Kier molecular flexibility index (Phi) is 6.32. The van der Waals surface area contributed by atoms with Crippen LogP contribution in [0.15, 0.2) is 30.7 Å². The number of amides is 1. The van der Waals surface area contributed by atoms with Gasteiger partial charge < -0.3 is 15.1 Å². The molecule has 4 heterocycles. The molecule has 0 bridgehead atoms. The van der Waals surface area contributed by atoms with Crippen LogP contribution < -0.4 is 5.32 Å². The monoisotopic (exact) mass is 448 g/mol. The van der Waals surface area contributed by atoms with Crippen LogP contribution in [0.1, 0.15) is 25.7 Å². The standard InChI is InChI=1S/C24H32N8O/c1-30-7-9-32(10-8-30)15-17-3-5-18(6-4-17)24(33)27-23-12-19-11-20(13-25-21(19)14-26-23)22-16-31(2)29-28-22/h11-14,16-18H,3-10,15H2,1-2H3,(H,26,27,33). The number of hydrogen-bond donors (Lipinski definition) is 1. The quantitative estimate of drug-likeness (QED) is 0.641. The molecule has 33 heavy (non-hydrogen) atoms. The number of nitrogens with one attached hydrogen (secondary N) is 1. The highest BCUT2D eigenvalue weighted by Gasteiger charge is 2.28. The van der Waals surface area contributed by atoms with Crippen LogP contribution in [0.5, 0.6) is 0 Å². The van der Waals surface area contributed by atoms with Crippen LogP contribution in [-0.2, 0) is 11.8 Å². The van der Waals surface area contributed by atoms with Gasteiger partial charge in [0.2, 0.25) is 5.91 Å². The molecule has 0 atom stereocenters. The largest absolute Gasteiger partial charge is 0.310 e. The zero-order valence-corrected chi connectivity index (χ0v) is 19.4. The lowest BCUT2D eigenvalue weighted by Gasteiger charge is -2.36. The summed E-state index contributed by atoms with van der Waals surface area (Å²) in [7, 11) is 4.03. The number of pyridine rings is 2. The third-order valence-corrected chi connectivity index (χ3v) is 7.05. The maximum absolute atomic E-state index is 12.9. The van der Waals surface area contributed by atoms with E-state index in [1.807, 2.05) is 25.4 Å². The summed E-state index contributed by atoms with van der Waals surface area (Å²) in [5.41, 5.74) is 2.44. The SMILES string of the molecule is CN1CCN(CC2CCC(C(=O)Nc3cc4cc(-c5cn(C)nn5)cnc4cn3)CC2)CC1. The average molecular weight is 449 g/mol. The van der Waals surface area contributed by atoms with Crippen molar-refractivity contribution >= 4 is 22.6 Å². The predicted molar refractivity (Wildman–Crippen MR) is 128 cm³/mol. The van der Waals surface area contributed by atoms with Gasteiger partial charge in [0.25, 0.3) is 0 Å². The first-order valence-electron chi connectivity index (χ1n) is 11.9. The molecule has 2 aliphatic rings. The molecule has 0 aromatic carbocycles. The summed E-state index contributed by atoms with van der Waals surface area (Å²) in [6, 6.07) is 3.90. The first-order chi connectivity index (χ1) is 16.0. The summed E-state index contributed by atoms with van der Waals surface area (Å²) in [5.74, 6) is 1.43. The van der Waals surface area contributed by atoms with Crippen molar-refractivity contribution in [2.75, 3.05) is 45.1 Å². The summed E-state index contributed by atoms with van der Waals surface area (Å²) in [6.07, 6.45) is 9.49. The fourth-order valence-corrected chi connectivity index (χ4v) is 4.95. The molecular weight excluding hydrogens is 416 g/mol. The number of carbonyl (C=O) groups is 1. The first-order valence-corrected chi connectivity index (χ1v) is 11.9. The van der Waals surface area contributed by atoms with Gasteiger partial charge in [-0.15, -0.1) is 5.10 Å². The lowest BCUT2D eigenvalue weighted by molar-refractivity contribution is -0.121. The van der Waals surface area contributed by atoms with E-state index in [-0.39, 0.29) is 11.8 Å². The number of aromatic nitrogens is 5. The molecule has 9 heteroatoms. The molecule has 0 radical (unpaired) electrons. The van der Waals surface area contributed by atoms with Crippen molar-refractivity contribution in [2.24, 2.45) is 18.9 Å². The van der Waals surface area contributed by atoms with E-state index in [2.05, 4.69) is 42.4 Å². The predicted octanol–water partition coefficient (Wildman–Crippen LogP) is 2.42. The minimum atomic E-state index is 0.0651. The van der Waals surface area contributed by atoms with Crippen molar-refractivity contribution in [1.29, 1.82) is 0 Å². The van der Waals surface area contributed by atoms with E-state index in [0.717, 1.165) is 74.0 Å². The second-order valence-electron chi connectivity index (χ2n) is 9.57. The Morgan fingerprint density at radius 2 is 1.82 bits per heavy atom. The summed E-state index contributed by atoms with van der Waals surface area (Å²) in [6.45, 7) is 5.82. The van der Waals surface area contributed by atoms with E-state index >= 15 is 0 Å². The third-order valence-electron chi connectivity index (χ3n) is 7.05. The summed E-state index contributed by atoms with van der Waals surface area (Å²) >= 11 is 0. The number of carbonyl (C=O) groups excluding carboxylic acids is 1. The number of hydrogen-bond acceptors (Lipinski definition) is 7. The molecule has 9 nitrogen and oxygen atoms in total. The van der Waals surface area contributed by atoms with Crippen LogP contribution in [0, 0.1) is 11.8 Å². The van der Waals surface area contributed by atoms with Crippen LogP contribution >= 0.6 is 0 Å². The number of piperazine rings is 1. The van der Waals surface area contributed by atoms with Gasteiger partial charge in [-0.2, -0.15) is 0 Å². The van der Waals surface area contributed by atoms with Crippen LogP contribution in [0.2, 0.25) is 0 Å². The van der Waals surface area contributed by atoms with E-state index in [9.17, 15) is 4.79 Å². The van der Waals surface area contributed by atoms with Crippen LogP contribution in [-0.4, -0.2) is 80.4 Å². The maximum Gasteiger partial charge on any atom is 0.228 e. The van der Waals surface area contributed by atoms with E-state index in [1.54, 1.807) is 17.1 Å². The highest BCUT2D eigenvalue weighted by molar-refractivity contribution is 5.94. The fourth-order valence-electron chi connectivity index (χ4n) is 4.95. The summed E-state index contributed by atoms with van der Waals surface area (Å²) in [4.78, 5) is 26.8. The Labute approximate surface area is 194 Å². The normalized spacial score (nSPS) is 22.5. The maximum atomic E-state index is 12.9. The Bertz CT molecular complexity index is 1110. The number of anilines is 1. The highest BCUT2D eigenvalue weighted by Crippen LogP contribution is 2.31. The van der Waals surface area contributed by atoms with Crippen molar-refractivity contribution in [3.8, 4) is 11.3 Å². The summed E-state index contributed by atoms with van der Waals surface area (Å²) < 4.78 is 1.66. The number of rotatable bonds is 5. The molecule has 1 aliphatic carbocycles. The van der Waals surface area contributed by atoms with Crippen LogP contribution in [0.25, 0.3) is 22.2 Å². The van der Waals surface area contributed by atoms with E-state index in [1.165, 1.54) is 6.54 Å². The minimum Gasteiger partial charge on any atom is -0.310 e. The Morgan fingerprint density at radius 1 is 1.03 bits per heavy atom. The van der Waals surface area contributed by atoms with Crippen molar-refractivity contribution in [3.05, 3.63) is 30.7 Å². The topological polar surface area (TPSA) is 92.1 Å². The molecule has 3 aromatic heterocycles. The Morgan fingerprint density at radius 3 is 2.55 bits per heavy atom. The molecule has 0 spiro atoms. The van der Waals surface area contributed by atoms with Crippen LogP contribution in [0.4, 0.5) is 5.82 Å². The molecule has 1 saturated carbocycles. The summed E-state index contributed by atoms with van der Waals surface area (Å²) in [5, 5.41) is 12.1. The van der Waals surface area contributed by atoms with Crippen LogP contribution in [0.3, 0.4) is 0 Å². The molecule has 1 N–H and O–H groups in total. The number of aryl methyl sites for hydroxylation is 1. The van der Waals surface area contributed by atoms with Gasteiger partial charge in [0, 0.05) is 62.8 Å². The molecule has 2 fully saturated rings. The van der Waals surface area contributed by atoms with E-state index in [4.69, 9.17) is 0 Å². The Balaban J connectivity index is 1.18.